The summed E-state index contributed by atoms with van der Waals surface area (Å²) >= 11 is 6.07. The lowest BCUT2D eigenvalue weighted by Gasteiger charge is -2.12. The molecule has 1 N–H and O–H groups in total. The van der Waals surface area contributed by atoms with Crippen molar-refractivity contribution in [3.05, 3.63) is 93.0 Å². The number of nitro benzene ring substituents is 1. The molecule has 0 aliphatic heterocycles. The van der Waals surface area contributed by atoms with Crippen LogP contribution in [0.15, 0.2) is 76.5 Å². The average molecular weight is 431 g/mol. The van der Waals surface area contributed by atoms with Crippen molar-refractivity contribution in [1.29, 1.82) is 0 Å². The van der Waals surface area contributed by atoms with Gasteiger partial charge in [0, 0.05) is 22.8 Å². The van der Waals surface area contributed by atoms with Crippen LogP contribution < -0.4 is 5.32 Å². The molecule has 1 amide bonds. The standard InChI is InChI=1S/C20H15ClN2O5S/c1-13-6-7-14(12-18(13)21)22-20(24)17-4-2-3-5-19(17)29(27,28)16-10-8-15(9-11-16)23(25)26/h2-12H,1H3,(H,22,24). The van der Waals surface area contributed by atoms with Crippen molar-refractivity contribution in [3.8, 4) is 0 Å². The Labute approximate surface area is 172 Å². The molecule has 0 saturated heterocycles. The highest BCUT2D eigenvalue weighted by Gasteiger charge is 2.25. The number of nitro groups is 1. The summed E-state index contributed by atoms with van der Waals surface area (Å²) in [5.74, 6) is -0.619. The summed E-state index contributed by atoms with van der Waals surface area (Å²) in [5, 5.41) is 13.9. The van der Waals surface area contributed by atoms with Crippen molar-refractivity contribution in [2.75, 3.05) is 5.32 Å². The van der Waals surface area contributed by atoms with E-state index in [0.717, 1.165) is 29.8 Å². The second-order valence-corrected chi connectivity index (χ2v) is 8.49. The van der Waals surface area contributed by atoms with Gasteiger partial charge in [-0.15, -0.1) is 0 Å². The summed E-state index contributed by atoms with van der Waals surface area (Å²) in [5.41, 5.74) is 0.979. The van der Waals surface area contributed by atoms with Crippen molar-refractivity contribution >= 4 is 38.7 Å². The van der Waals surface area contributed by atoms with Crippen LogP contribution in [0.25, 0.3) is 0 Å². The summed E-state index contributed by atoms with van der Waals surface area (Å²) in [6.45, 7) is 1.82. The number of benzene rings is 3. The fraction of sp³-hybridized carbons (Fsp3) is 0.0500. The largest absolute Gasteiger partial charge is 0.322 e. The van der Waals surface area contributed by atoms with Crippen LogP contribution in [0.5, 0.6) is 0 Å². The van der Waals surface area contributed by atoms with Crippen molar-refractivity contribution in [2.45, 2.75) is 16.7 Å². The topological polar surface area (TPSA) is 106 Å². The number of carbonyl (C=O) groups is 1. The van der Waals surface area contributed by atoms with Crippen molar-refractivity contribution in [2.24, 2.45) is 0 Å². The lowest BCUT2D eigenvalue weighted by atomic mass is 10.2. The average Bonchev–Trinajstić information content (AvgIpc) is 2.70. The van der Waals surface area contributed by atoms with Gasteiger partial charge in [0.2, 0.25) is 9.84 Å². The number of amides is 1. The molecular formula is C20H15ClN2O5S. The molecule has 9 heteroatoms. The van der Waals surface area contributed by atoms with Crippen LogP contribution >= 0.6 is 11.6 Å². The fourth-order valence-electron chi connectivity index (χ4n) is 2.63. The first kappa shape index (κ1) is 20.5. The first-order valence-electron chi connectivity index (χ1n) is 8.36. The Morgan fingerprint density at radius 1 is 1.03 bits per heavy atom. The maximum Gasteiger partial charge on any atom is 0.269 e. The monoisotopic (exact) mass is 430 g/mol. The molecule has 0 aliphatic carbocycles. The highest BCUT2D eigenvalue weighted by atomic mass is 35.5. The third kappa shape index (κ3) is 4.28. The van der Waals surface area contributed by atoms with Gasteiger partial charge >= 0.3 is 0 Å². The molecule has 0 aromatic heterocycles. The lowest BCUT2D eigenvalue weighted by Crippen LogP contribution is -2.16. The van der Waals surface area contributed by atoms with Gasteiger partial charge < -0.3 is 5.32 Å². The molecule has 3 rings (SSSR count). The number of hydrogen-bond acceptors (Lipinski definition) is 5. The van der Waals surface area contributed by atoms with Crippen LogP contribution in [0.2, 0.25) is 5.02 Å². The van der Waals surface area contributed by atoms with E-state index in [0.29, 0.717) is 10.7 Å². The SMILES string of the molecule is Cc1ccc(NC(=O)c2ccccc2S(=O)(=O)c2ccc([N+](=O)[O-])cc2)cc1Cl. The predicted octanol–water partition coefficient (Wildman–Crippen LogP) is 4.64. The molecule has 0 heterocycles. The quantitative estimate of drug-likeness (QED) is 0.468. The van der Waals surface area contributed by atoms with E-state index < -0.39 is 20.7 Å². The molecule has 29 heavy (non-hydrogen) atoms. The Kier molecular flexibility index (Phi) is 5.67. The third-order valence-electron chi connectivity index (χ3n) is 4.21. The van der Waals surface area contributed by atoms with Crippen molar-refractivity contribution in [1.82, 2.24) is 0 Å². The lowest BCUT2D eigenvalue weighted by molar-refractivity contribution is -0.384. The van der Waals surface area contributed by atoms with Gasteiger partial charge in [0.05, 0.1) is 20.3 Å². The molecule has 0 spiro atoms. The van der Waals surface area contributed by atoms with Crippen LogP contribution in [0, 0.1) is 17.0 Å². The summed E-state index contributed by atoms with van der Waals surface area (Å²) in [4.78, 5) is 22.6. The van der Waals surface area contributed by atoms with E-state index in [2.05, 4.69) is 5.32 Å². The molecule has 148 valence electrons. The summed E-state index contributed by atoms with van der Waals surface area (Å²) in [6.07, 6.45) is 0. The number of non-ortho nitro benzene ring substituents is 1. The zero-order valence-corrected chi connectivity index (χ0v) is 16.7. The minimum absolute atomic E-state index is 0.0532. The number of halogens is 1. The van der Waals surface area contributed by atoms with E-state index in [4.69, 9.17) is 11.6 Å². The number of anilines is 1. The molecule has 0 bridgehead atoms. The molecular weight excluding hydrogens is 416 g/mol. The van der Waals surface area contributed by atoms with Crippen LogP contribution in [0.3, 0.4) is 0 Å². The molecule has 0 radical (unpaired) electrons. The first-order chi connectivity index (χ1) is 13.7. The van der Waals surface area contributed by atoms with Crippen molar-refractivity contribution in [3.63, 3.8) is 0 Å². The molecule has 3 aromatic carbocycles. The van der Waals surface area contributed by atoms with Crippen LogP contribution in [0.4, 0.5) is 11.4 Å². The van der Waals surface area contributed by atoms with Crippen LogP contribution in [-0.4, -0.2) is 19.2 Å². The first-order valence-corrected chi connectivity index (χ1v) is 10.2. The van der Waals surface area contributed by atoms with E-state index in [-0.39, 0.29) is 21.0 Å². The Bertz CT molecular complexity index is 1210. The van der Waals surface area contributed by atoms with E-state index >= 15 is 0 Å². The Hall–Kier alpha value is -3.23. The van der Waals surface area contributed by atoms with Gasteiger partial charge in [0.25, 0.3) is 11.6 Å². The molecule has 3 aromatic rings. The zero-order chi connectivity index (χ0) is 21.2. The van der Waals surface area contributed by atoms with Gasteiger partial charge in [0.1, 0.15) is 0 Å². The van der Waals surface area contributed by atoms with E-state index in [9.17, 15) is 23.3 Å². The number of rotatable bonds is 5. The van der Waals surface area contributed by atoms with E-state index in [1.165, 1.54) is 18.2 Å². The van der Waals surface area contributed by atoms with Crippen molar-refractivity contribution < 1.29 is 18.1 Å². The van der Waals surface area contributed by atoms with Crippen LogP contribution in [-0.2, 0) is 9.84 Å². The fourth-order valence-corrected chi connectivity index (χ4v) is 4.27. The number of sulfone groups is 1. The summed E-state index contributed by atoms with van der Waals surface area (Å²) in [6, 6.07) is 15.2. The third-order valence-corrected chi connectivity index (χ3v) is 6.44. The maximum absolute atomic E-state index is 13.0. The highest BCUT2D eigenvalue weighted by molar-refractivity contribution is 7.91. The van der Waals surface area contributed by atoms with Crippen LogP contribution in [0.1, 0.15) is 15.9 Å². The van der Waals surface area contributed by atoms with Gasteiger partial charge in [-0.3, -0.25) is 14.9 Å². The molecule has 0 atom stereocenters. The number of carbonyl (C=O) groups excluding carboxylic acids is 1. The van der Waals surface area contributed by atoms with E-state index in [1.54, 1.807) is 24.3 Å². The van der Waals surface area contributed by atoms with Gasteiger partial charge in [-0.2, -0.15) is 0 Å². The molecule has 0 fully saturated rings. The highest BCUT2D eigenvalue weighted by Crippen LogP contribution is 2.27. The molecule has 0 aliphatic rings. The Morgan fingerprint density at radius 2 is 1.69 bits per heavy atom. The number of nitrogens with zero attached hydrogens (tertiary/aromatic N) is 1. The summed E-state index contributed by atoms with van der Waals surface area (Å²) < 4.78 is 26.0. The number of nitrogens with one attached hydrogen (secondary N) is 1. The molecule has 0 unspecified atom stereocenters. The maximum atomic E-state index is 13.0. The minimum Gasteiger partial charge on any atom is -0.322 e. The number of aryl methyl sites for hydroxylation is 1. The Morgan fingerprint density at radius 3 is 2.31 bits per heavy atom. The van der Waals surface area contributed by atoms with Gasteiger partial charge in [-0.25, -0.2) is 8.42 Å². The Balaban J connectivity index is 1.98. The molecule has 0 saturated carbocycles. The second-order valence-electron chi connectivity index (χ2n) is 6.17. The molecule has 7 nitrogen and oxygen atoms in total. The van der Waals surface area contributed by atoms with Gasteiger partial charge in [-0.1, -0.05) is 29.8 Å². The van der Waals surface area contributed by atoms with Gasteiger partial charge in [0.15, 0.2) is 0 Å². The zero-order valence-electron chi connectivity index (χ0n) is 15.1. The normalized spacial score (nSPS) is 11.1. The predicted molar refractivity (Wildman–Crippen MR) is 109 cm³/mol. The van der Waals surface area contributed by atoms with E-state index in [1.807, 2.05) is 6.92 Å². The minimum atomic E-state index is -4.07. The second kappa shape index (κ2) is 8.02. The summed E-state index contributed by atoms with van der Waals surface area (Å²) in [7, 11) is -4.07. The number of hydrogen-bond donors (Lipinski definition) is 1. The smallest absolute Gasteiger partial charge is 0.269 e. The van der Waals surface area contributed by atoms with Gasteiger partial charge in [-0.05, 0) is 48.9 Å².